The van der Waals surface area contributed by atoms with Crippen LogP contribution < -0.4 is 5.32 Å². The zero-order valence-corrected chi connectivity index (χ0v) is 11.4. The quantitative estimate of drug-likeness (QED) is 0.753. The van der Waals surface area contributed by atoms with E-state index in [1.165, 1.54) is 25.3 Å². The number of carbonyl (C=O) groups excluding carboxylic acids is 1. The molecular formula is C14H15FN2O4. The monoisotopic (exact) mass is 294 g/mol. The van der Waals surface area contributed by atoms with E-state index in [2.05, 4.69) is 10.3 Å². The molecule has 21 heavy (non-hydrogen) atoms. The van der Waals surface area contributed by atoms with Gasteiger partial charge in [-0.25, -0.2) is 9.18 Å². The Labute approximate surface area is 119 Å². The Morgan fingerprint density at radius 3 is 2.86 bits per heavy atom. The van der Waals surface area contributed by atoms with E-state index in [0.29, 0.717) is 5.52 Å². The molecule has 0 bridgehead atoms. The molecule has 1 atom stereocenters. The summed E-state index contributed by atoms with van der Waals surface area (Å²) in [6, 6.07) is 4.74. The first-order chi connectivity index (χ1) is 10.0. The van der Waals surface area contributed by atoms with Gasteiger partial charge in [-0.15, -0.1) is 0 Å². The zero-order valence-electron chi connectivity index (χ0n) is 11.4. The molecule has 0 fully saturated rings. The van der Waals surface area contributed by atoms with E-state index < -0.39 is 23.7 Å². The highest BCUT2D eigenvalue weighted by Gasteiger charge is 2.21. The Kier molecular flexibility index (Phi) is 4.54. The number of ether oxygens (including phenoxy) is 1. The Morgan fingerprint density at radius 1 is 1.48 bits per heavy atom. The predicted molar refractivity (Wildman–Crippen MR) is 73.6 cm³/mol. The standard InChI is InChI=1S/C14H15FN2O4/c1-21-6-5-11(14(19)20)17-13(18)12-7-8-9(15)3-2-4-10(8)16-12/h2-4,7,11,16H,5-6H2,1H3,(H,17,18)(H,19,20). The lowest BCUT2D eigenvalue weighted by Gasteiger charge is -2.13. The Morgan fingerprint density at radius 2 is 2.24 bits per heavy atom. The minimum absolute atomic E-state index is 0.110. The van der Waals surface area contributed by atoms with Crippen LogP contribution >= 0.6 is 0 Å². The van der Waals surface area contributed by atoms with Crippen molar-refractivity contribution in [3.63, 3.8) is 0 Å². The lowest BCUT2D eigenvalue weighted by atomic mass is 10.2. The van der Waals surface area contributed by atoms with Crippen molar-refractivity contribution < 1.29 is 23.8 Å². The minimum Gasteiger partial charge on any atom is -0.480 e. The fourth-order valence-electron chi connectivity index (χ4n) is 1.97. The number of carboxylic acids is 1. The SMILES string of the molecule is COCCC(NC(=O)c1cc2c(F)cccc2[nH]1)C(=O)O. The van der Waals surface area contributed by atoms with E-state index in [4.69, 9.17) is 9.84 Å². The number of aromatic amines is 1. The molecule has 0 radical (unpaired) electrons. The molecule has 112 valence electrons. The van der Waals surface area contributed by atoms with Crippen LogP contribution in [0.4, 0.5) is 4.39 Å². The van der Waals surface area contributed by atoms with Gasteiger partial charge in [-0.05, 0) is 18.2 Å². The van der Waals surface area contributed by atoms with Crippen LogP contribution in [0.25, 0.3) is 10.9 Å². The van der Waals surface area contributed by atoms with Crippen LogP contribution in [0.1, 0.15) is 16.9 Å². The minimum atomic E-state index is -1.15. The van der Waals surface area contributed by atoms with Crippen LogP contribution in [0.5, 0.6) is 0 Å². The molecule has 2 rings (SSSR count). The molecule has 1 heterocycles. The van der Waals surface area contributed by atoms with Gasteiger partial charge in [-0.3, -0.25) is 4.79 Å². The molecule has 3 N–H and O–H groups in total. The summed E-state index contributed by atoms with van der Waals surface area (Å²) in [6.45, 7) is 0.207. The van der Waals surface area contributed by atoms with E-state index in [1.54, 1.807) is 6.07 Å². The molecule has 0 saturated carbocycles. The van der Waals surface area contributed by atoms with Crippen LogP contribution in [-0.2, 0) is 9.53 Å². The Balaban J connectivity index is 2.17. The van der Waals surface area contributed by atoms with Crippen LogP contribution in [0.2, 0.25) is 0 Å². The number of H-pyrrole nitrogens is 1. The molecule has 1 aromatic heterocycles. The van der Waals surface area contributed by atoms with Crippen molar-refractivity contribution in [3.05, 3.63) is 35.8 Å². The van der Waals surface area contributed by atoms with Crippen LogP contribution in [0.15, 0.2) is 24.3 Å². The maximum atomic E-state index is 13.6. The zero-order chi connectivity index (χ0) is 15.4. The summed E-state index contributed by atoms with van der Waals surface area (Å²) < 4.78 is 18.4. The number of benzene rings is 1. The number of rotatable bonds is 6. The second-order valence-electron chi connectivity index (χ2n) is 4.53. The number of fused-ring (bicyclic) bond motifs is 1. The topological polar surface area (TPSA) is 91.4 Å². The van der Waals surface area contributed by atoms with Gasteiger partial charge in [0.05, 0.1) is 0 Å². The molecule has 0 aliphatic carbocycles. The van der Waals surface area contributed by atoms with E-state index in [0.717, 1.165) is 0 Å². The highest BCUT2D eigenvalue weighted by atomic mass is 19.1. The van der Waals surface area contributed by atoms with Crippen molar-refractivity contribution in [1.82, 2.24) is 10.3 Å². The highest BCUT2D eigenvalue weighted by molar-refractivity contribution is 5.99. The fraction of sp³-hybridized carbons (Fsp3) is 0.286. The average Bonchev–Trinajstić information content (AvgIpc) is 2.88. The summed E-state index contributed by atoms with van der Waals surface area (Å²) >= 11 is 0. The van der Waals surface area contributed by atoms with E-state index in [-0.39, 0.29) is 24.1 Å². The van der Waals surface area contributed by atoms with E-state index in [9.17, 15) is 14.0 Å². The van der Waals surface area contributed by atoms with Gasteiger partial charge in [0.15, 0.2) is 0 Å². The number of carboxylic acid groups (broad SMARTS) is 1. The predicted octanol–water partition coefficient (Wildman–Crippen LogP) is 1.53. The third-order valence-corrected chi connectivity index (χ3v) is 3.07. The van der Waals surface area contributed by atoms with Gasteiger partial charge in [-0.2, -0.15) is 0 Å². The van der Waals surface area contributed by atoms with Gasteiger partial charge < -0.3 is 20.1 Å². The van der Waals surface area contributed by atoms with Crippen molar-refractivity contribution in [1.29, 1.82) is 0 Å². The van der Waals surface area contributed by atoms with Gasteiger partial charge in [-0.1, -0.05) is 6.07 Å². The smallest absolute Gasteiger partial charge is 0.326 e. The maximum Gasteiger partial charge on any atom is 0.326 e. The number of carbonyl (C=O) groups is 2. The summed E-state index contributed by atoms with van der Waals surface area (Å²) in [7, 11) is 1.45. The van der Waals surface area contributed by atoms with E-state index >= 15 is 0 Å². The number of halogens is 1. The number of aromatic nitrogens is 1. The fourth-order valence-corrected chi connectivity index (χ4v) is 1.97. The van der Waals surface area contributed by atoms with Crippen molar-refractivity contribution in [3.8, 4) is 0 Å². The number of nitrogens with one attached hydrogen (secondary N) is 2. The third kappa shape index (κ3) is 3.38. The molecular weight excluding hydrogens is 279 g/mol. The molecule has 1 aromatic carbocycles. The summed E-state index contributed by atoms with van der Waals surface area (Å²) in [5.74, 6) is -2.20. The normalized spacial score (nSPS) is 12.3. The Bertz CT molecular complexity index is 668. The number of amides is 1. The van der Waals surface area contributed by atoms with Gasteiger partial charge in [0, 0.05) is 31.0 Å². The van der Waals surface area contributed by atoms with Crippen molar-refractivity contribution >= 4 is 22.8 Å². The first kappa shape index (κ1) is 15.0. The lowest BCUT2D eigenvalue weighted by Crippen LogP contribution is -2.41. The van der Waals surface area contributed by atoms with Gasteiger partial charge in [0.25, 0.3) is 5.91 Å². The molecule has 0 aliphatic rings. The van der Waals surface area contributed by atoms with Gasteiger partial charge in [0.1, 0.15) is 17.6 Å². The molecule has 0 aliphatic heterocycles. The van der Waals surface area contributed by atoms with Crippen LogP contribution in [0, 0.1) is 5.82 Å². The molecule has 1 amide bonds. The summed E-state index contributed by atoms with van der Waals surface area (Å²) in [6.07, 6.45) is 0.145. The summed E-state index contributed by atoms with van der Waals surface area (Å²) in [5, 5.41) is 11.7. The molecule has 0 spiro atoms. The molecule has 6 nitrogen and oxygen atoms in total. The molecule has 2 aromatic rings. The summed E-state index contributed by atoms with van der Waals surface area (Å²) in [4.78, 5) is 25.9. The average molecular weight is 294 g/mol. The highest BCUT2D eigenvalue weighted by Crippen LogP contribution is 2.18. The van der Waals surface area contributed by atoms with Crippen molar-refractivity contribution in [2.24, 2.45) is 0 Å². The number of aliphatic carboxylic acids is 1. The second kappa shape index (κ2) is 6.36. The van der Waals surface area contributed by atoms with E-state index in [1.807, 2.05) is 0 Å². The number of methoxy groups -OCH3 is 1. The largest absolute Gasteiger partial charge is 0.480 e. The lowest BCUT2D eigenvalue weighted by molar-refractivity contribution is -0.139. The first-order valence-corrected chi connectivity index (χ1v) is 6.32. The van der Waals surface area contributed by atoms with Gasteiger partial charge in [0.2, 0.25) is 0 Å². The second-order valence-corrected chi connectivity index (χ2v) is 4.53. The molecule has 0 saturated heterocycles. The van der Waals surface area contributed by atoms with Gasteiger partial charge >= 0.3 is 5.97 Å². The Hall–Kier alpha value is -2.41. The first-order valence-electron chi connectivity index (χ1n) is 6.32. The van der Waals surface area contributed by atoms with Crippen molar-refractivity contribution in [2.45, 2.75) is 12.5 Å². The van der Waals surface area contributed by atoms with Crippen LogP contribution in [0.3, 0.4) is 0 Å². The van der Waals surface area contributed by atoms with Crippen molar-refractivity contribution in [2.75, 3.05) is 13.7 Å². The third-order valence-electron chi connectivity index (χ3n) is 3.07. The molecule has 1 unspecified atom stereocenters. The number of hydrogen-bond donors (Lipinski definition) is 3. The maximum absolute atomic E-state index is 13.6. The summed E-state index contributed by atoms with van der Waals surface area (Å²) in [5.41, 5.74) is 0.586. The number of hydrogen-bond acceptors (Lipinski definition) is 3. The van der Waals surface area contributed by atoms with Crippen LogP contribution in [-0.4, -0.2) is 41.7 Å². The molecule has 7 heteroatoms.